The SMILES string of the molecule is CC.N#CCc1cn2ccccc2n1. The summed E-state index contributed by atoms with van der Waals surface area (Å²) in [7, 11) is 0. The summed E-state index contributed by atoms with van der Waals surface area (Å²) in [5.41, 5.74) is 1.71. The van der Waals surface area contributed by atoms with Gasteiger partial charge in [0.2, 0.25) is 0 Å². The Morgan fingerprint density at radius 1 is 1.43 bits per heavy atom. The van der Waals surface area contributed by atoms with Crippen molar-refractivity contribution >= 4 is 5.65 Å². The molecule has 72 valence electrons. The molecule has 0 fully saturated rings. The zero-order chi connectivity index (χ0) is 10.4. The van der Waals surface area contributed by atoms with Gasteiger partial charge >= 0.3 is 0 Å². The first kappa shape index (κ1) is 10.3. The average molecular weight is 187 g/mol. The molecular weight excluding hydrogens is 174 g/mol. The van der Waals surface area contributed by atoms with Crippen LogP contribution >= 0.6 is 0 Å². The molecule has 3 heteroatoms. The van der Waals surface area contributed by atoms with Gasteiger partial charge in [-0.15, -0.1) is 0 Å². The number of aromatic nitrogens is 2. The Kier molecular flexibility index (Phi) is 3.69. The third-order valence-electron chi connectivity index (χ3n) is 1.67. The molecule has 2 rings (SSSR count). The average Bonchev–Trinajstić information content (AvgIpc) is 2.63. The predicted octanol–water partition coefficient (Wildman–Crippen LogP) is 2.43. The summed E-state index contributed by atoms with van der Waals surface area (Å²) < 4.78 is 1.91. The largest absolute Gasteiger partial charge is 0.307 e. The highest BCUT2D eigenvalue weighted by Crippen LogP contribution is 2.03. The van der Waals surface area contributed by atoms with Crippen molar-refractivity contribution in [1.82, 2.24) is 9.38 Å². The molecule has 2 aromatic heterocycles. The number of hydrogen-bond donors (Lipinski definition) is 0. The molecule has 3 nitrogen and oxygen atoms in total. The van der Waals surface area contributed by atoms with Crippen molar-refractivity contribution in [3.05, 3.63) is 36.3 Å². The highest BCUT2D eigenvalue weighted by atomic mass is 15.0. The fraction of sp³-hybridized carbons (Fsp3) is 0.273. The number of rotatable bonds is 1. The van der Waals surface area contributed by atoms with Crippen LogP contribution in [-0.4, -0.2) is 9.38 Å². The van der Waals surface area contributed by atoms with E-state index in [4.69, 9.17) is 5.26 Å². The van der Waals surface area contributed by atoms with E-state index in [0.29, 0.717) is 6.42 Å². The highest BCUT2D eigenvalue weighted by Gasteiger charge is 1.97. The van der Waals surface area contributed by atoms with E-state index >= 15 is 0 Å². The van der Waals surface area contributed by atoms with Crippen LogP contribution in [0.25, 0.3) is 5.65 Å². The molecule has 14 heavy (non-hydrogen) atoms. The van der Waals surface area contributed by atoms with E-state index in [2.05, 4.69) is 11.1 Å². The number of nitriles is 1. The molecule has 0 aliphatic rings. The van der Waals surface area contributed by atoms with Crippen LogP contribution in [-0.2, 0) is 6.42 Å². The molecule has 0 N–H and O–H groups in total. The van der Waals surface area contributed by atoms with Gasteiger partial charge in [-0.25, -0.2) is 4.98 Å². The number of imidazole rings is 1. The smallest absolute Gasteiger partial charge is 0.137 e. The van der Waals surface area contributed by atoms with Crippen molar-refractivity contribution in [2.24, 2.45) is 0 Å². The minimum absolute atomic E-state index is 0.377. The van der Waals surface area contributed by atoms with E-state index in [0.717, 1.165) is 11.3 Å². The minimum atomic E-state index is 0.377. The van der Waals surface area contributed by atoms with Gasteiger partial charge in [-0.1, -0.05) is 19.9 Å². The van der Waals surface area contributed by atoms with Gasteiger partial charge in [0.25, 0.3) is 0 Å². The zero-order valence-corrected chi connectivity index (χ0v) is 8.44. The van der Waals surface area contributed by atoms with Gasteiger partial charge in [0.05, 0.1) is 18.2 Å². The summed E-state index contributed by atoms with van der Waals surface area (Å²) >= 11 is 0. The van der Waals surface area contributed by atoms with E-state index < -0.39 is 0 Å². The van der Waals surface area contributed by atoms with Gasteiger partial charge in [-0.2, -0.15) is 5.26 Å². The molecule has 2 aromatic rings. The first-order valence-electron chi connectivity index (χ1n) is 4.70. The number of pyridine rings is 1. The molecule has 2 heterocycles. The van der Waals surface area contributed by atoms with Crippen molar-refractivity contribution in [2.45, 2.75) is 20.3 Å². The summed E-state index contributed by atoms with van der Waals surface area (Å²) in [6.07, 6.45) is 4.17. The number of nitrogens with zero attached hydrogens (tertiary/aromatic N) is 3. The quantitative estimate of drug-likeness (QED) is 0.688. The fourth-order valence-corrected chi connectivity index (χ4v) is 1.15. The van der Waals surface area contributed by atoms with Gasteiger partial charge < -0.3 is 4.40 Å². The Hall–Kier alpha value is -1.82. The standard InChI is InChI=1S/C9H7N3.C2H6/c10-5-4-8-7-12-6-2-1-3-9(12)11-8;1-2/h1-3,6-7H,4H2;1-2H3. The van der Waals surface area contributed by atoms with Crippen LogP contribution in [0.5, 0.6) is 0 Å². The summed E-state index contributed by atoms with van der Waals surface area (Å²) in [4.78, 5) is 4.24. The molecule has 0 saturated carbocycles. The third kappa shape index (κ3) is 2.11. The molecule has 0 bridgehead atoms. The molecule has 0 aliphatic heterocycles. The van der Waals surface area contributed by atoms with Crippen LogP contribution in [0, 0.1) is 11.3 Å². The van der Waals surface area contributed by atoms with Crippen molar-refractivity contribution in [1.29, 1.82) is 5.26 Å². The van der Waals surface area contributed by atoms with E-state index in [1.807, 2.05) is 48.8 Å². The van der Waals surface area contributed by atoms with Crippen LogP contribution < -0.4 is 0 Å². The van der Waals surface area contributed by atoms with Crippen molar-refractivity contribution in [2.75, 3.05) is 0 Å². The zero-order valence-electron chi connectivity index (χ0n) is 8.44. The summed E-state index contributed by atoms with van der Waals surface area (Å²) in [5.74, 6) is 0. The maximum absolute atomic E-state index is 8.45. The van der Waals surface area contributed by atoms with E-state index in [9.17, 15) is 0 Å². The molecule has 0 atom stereocenters. The maximum Gasteiger partial charge on any atom is 0.137 e. The van der Waals surface area contributed by atoms with Crippen LogP contribution in [0.15, 0.2) is 30.6 Å². The Bertz CT molecular complexity index is 404. The highest BCUT2D eigenvalue weighted by molar-refractivity contribution is 5.39. The van der Waals surface area contributed by atoms with Gasteiger partial charge in [0.1, 0.15) is 5.65 Å². The first-order valence-corrected chi connectivity index (χ1v) is 4.70. The second-order valence-electron chi connectivity index (χ2n) is 2.53. The molecule has 0 spiro atoms. The lowest BCUT2D eigenvalue weighted by Gasteiger charge is -1.86. The Balaban J connectivity index is 0.000000461. The normalized spacial score (nSPS) is 8.93. The molecular formula is C11H13N3. The van der Waals surface area contributed by atoms with Gasteiger partial charge in [0, 0.05) is 12.4 Å². The fourth-order valence-electron chi connectivity index (χ4n) is 1.15. The van der Waals surface area contributed by atoms with Crippen LogP contribution in [0.1, 0.15) is 19.5 Å². The Morgan fingerprint density at radius 3 is 2.86 bits per heavy atom. The van der Waals surface area contributed by atoms with Crippen molar-refractivity contribution in [3.63, 3.8) is 0 Å². The lowest BCUT2D eigenvalue weighted by Crippen LogP contribution is -1.77. The Morgan fingerprint density at radius 2 is 2.21 bits per heavy atom. The lowest BCUT2D eigenvalue weighted by atomic mass is 10.4. The number of hydrogen-bond acceptors (Lipinski definition) is 2. The van der Waals surface area contributed by atoms with E-state index in [-0.39, 0.29) is 0 Å². The van der Waals surface area contributed by atoms with Gasteiger partial charge in [-0.05, 0) is 12.1 Å². The molecule has 0 aromatic carbocycles. The summed E-state index contributed by atoms with van der Waals surface area (Å²) in [6, 6.07) is 7.85. The predicted molar refractivity (Wildman–Crippen MR) is 55.9 cm³/mol. The van der Waals surface area contributed by atoms with Crippen molar-refractivity contribution < 1.29 is 0 Å². The number of fused-ring (bicyclic) bond motifs is 1. The monoisotopic (exact) mass is 187 g/mol. The first-order chi connectivity index (χ1) is 6.90. The van der Waals surface area contributed by atoms with E-state index in [1.165, 1.54) is 0 Å². The minimum Gasteiger partial charge on any atom is -0.307 e. The van der Waals surface area contributed by atoms with Gasteiger partial charge in [0.15, 0.2) is 0 Å². The van der Waals surface area contributed by atoms with Crippen molar-refractivity contribution in [3.8, 4) is 6.07 Å². The van der Waals surface area contributed by atoms with Gasteiger partial charge in [-0.3, -0.25) is 0 Å². The lowest BCUT2D eigenvalue weighted by molar-refractivity contribution is 1.16. The van der Waals surface area contributed by atoms with Crippen LogP contribution in [0.2, 0.25) is 0 Å². The molecule has 0 saturated heterocycles. The third-order valence-corrected chi connectivity index (χ3v) is 1.67. The topological polar surface area (TPSA) is 41.1 Å². The van der Waals surface area contributed by atoms with Crippen LogP contribution in [0.3, 0.4) is 0 Å². The molecule has 0 amide bonds. The molecule has 0 radical (unpaired) electrons. The summed E-state index contributed by atoms with van der Waals surface area (Å²) in [6.45, 7) is 4.00. The van der Waals surface area contributed by atoms with Crippen LogP contribution in [0.4, 0.5) is 0 Å². The second-order valence-corrected chi connectivity index (χ2v) is 2.53. The van der Waals surface area contributed by atoms with E-state index in [1.54, 1.807) is 0 Å². The molecule has 0 unspecified atom stereocenters. The molecule has 0 aliphatic carbocycles. The maximum atomic E-state index is 8.45. The second kappa shape index (κ2) is 5.03. The Labute approximate surface area is 83.6 Å². The summed E-state index contributed by atoms with van der Waals surface area (Å²) in [5, 5.41) is 8.45.